The average Bonchev–Trinajstić information content (AvgIpc) is 2.37. The molecule has 4 heteroatoms. The normalized spacial score (nSPS) is 13.7. The quantitative estimate of drug-likeness (QED) is 0.771. The van der Waals surface area contributed by atoms with E-state index in [1.807, 2.05) is 51.1 Å². The Balaban J connectivity index is 2.55. The second-order valence-electron chi connectivity index (χ2n) is 6.00. The van der Waals surface area contributed by atoms with Gasteiger partial charge in [-0.1, -0.05) is 44.2 Å². The highest BCUT2D eigenvalue weighted by molar-refractivity contribution is 5.77. The monoisotopic (exact) mass is 291 g/mol. The number of carboxylic acids is 1. The van der Waals surface area contributed by atoms with Crippen LogP contribution in [0.1, 0.15) is 51.6 Å². The summed E-state index contributed by atoms with van der Waals surface area (Å²) in [5, 5.41) is 11.9. The van der Waals surface area contributed by atoms with E-state index in [4.69, 9.17) is 5.11 Å². The maximum Gasteiger partial charge on any atom is 0.303 e. The minimum Gasteiger partial charge on any atom is -0.481 e. The Morgan fingerprint density at radius 1 is 1.10 bits per heavy atom. The van der Waals surface area contributed by atoms with Crippen LogP contribution in [0.3, 0.4) is 0 Å². The first-order valence-corrected chi connectivity index (χ1v) is 7.44. The summed E-state index contributed by atoms with van der Waals surface area (Å²) in [6, 6.07) is 9.67. The third kappa shape index (κ3) is 6.93. The summed E-state index contributed by atoms with van der Waals surface area (Å²) in [5.74, 6) is -0.651. The summed E-state index contributed by atoms with van der Waals surface area (Å²) in [6.45, 7) is 6.01. The zero-order valence-corrected chi connectivity index (χ0v) is 13.0. The Morgan fingerprint density at radius 3 is 2.24 bits per heavy atom. The van der Waals surface area contributed by atoms with Gasteiger partial charge in [0.25, 0.3) is 0 Å². The third-order valence-electron chi connectivity index (χ3n) is 3.42. The smallest absolute Gasteiger partial charge is 0.303 e. The van der Waals surface area contributed by atoms with Crippen LogP contribution in [0.4, 0.5) is 0 Å². The Labute approximate surface area is 126 Å². The average molecular weight is 291 g/mol. The first-order chi connectivity index (χ1) is 9.88. The number of hydrogen-bond acceptors (Lipinski definition) is 2. The van der Waals surface area contributed by atoms with E-state index in [1.165, 1.54) is 0 Å². The predicted octanol–water partition coefficient (Wildman–Crippen LogP) is 3.39. The molecule has 0 bridgehead atoms. The lowest BCUT2D eigenvalue weighted by molar-refractivity contribution is -0.138. The number of carbonyl (C=O) groups is 2. The first-order valence-electron chi connectivity index (χ1n) is 7.44. The van der Waals surface area contributed by atoms with Gasteiger partial charge in [-0.15, -0.1) is 0 Å². The highest BCUT2D eigenvalue weighted by atomic mass is 16.4. The molecule has 4 nitrogen and oxygen atoms in total. The summed E-state index contributed by atoms with van der Waals surface area (Å²) in [4.78, 5) is 23.0. The number of carboxylic acid groups (broad SMARTS) is 1. The Morgan fingerprint density at radius 2 is 1.71 bits per heavy atom. The van der Waals surface area contributed by atoms with Crippen LogP contribution < -0.4 is 5.32 Å². The van der Waals surface area contributed by atoms with Crippen molar-refractivity contribution in [3.8, 4) is 0 Å². The summed E-state index contributed by atoms with van der Waals surface area (Å²) in [5.41, 5.74) is 1.05. The van der Waals surface area contributed by atoms with Crippen molar-refractivity contribution in [1.29, 1.82) is 0 Å². The predicted molar refractivity (Wildman–Crippen MR) is 82.8 cm³/mol. The van der Waals surface area contributed by atoms with Gasteiger partial charge in [0.05, 0.1) is 6.04 Å². The summed E-state index contributed by atoms with van der Waals surface area (Å²) < 4.78 is 0. The molecule has 1 aromatic rings. The molecule has 0 fully saturated rings. The molecule has 1 rings (SSSR count). The highest BCUT2D eigenvalue weighted by Crippen LogP contribution is 2.20. The van der Waals surface area contributed by atoms with E-state index < -0.39 is 5.97 Å². The van der Waals surface area contributed by atoms with Gasteiger partial charge >= 0.3 is 5.97 Å². The zero-order valence-electron chi connectivity index (χ0n) is 13.0. The summed E-state index contributed by atoms with van der Waals surface area (Å²) in [6.07, 6.45) is 1.06. The van der Waals surface area contributed by atoms with Crippen molar-refractivity contribution in [2.24, 2.45) is 11.8 Å². The van der Waals surface area contributed by atoms with Crippen LogP contribution in [-0.4, -0.2) is 17.0 Å². The number of rotatable bonds is 8. The molecule has 1 aromatic carbocycles. The van der Waals surface area contributed by atoms with Crippen molar-refractivity contribution in [2.75, 3.05) is 0 Å². The number of hydrogen-bond donors (Lipinski definition) is 2. The lowest BCUT2D eigenvalue weighted by Crippen LogP contribution is -2.29. The molecule has 1 amide bonds. The number of carbonyl (C=O) groups excluding carboxylic acids is 1. The molecule has 0 saturated carbocycles. The molecular formula is C17H25NO3. The number of benzene rings is 1. The molecule has 21 heavy (non-hydrogen) atoms. The largest absolute Gasteiger partial charge is 0.481 e. The van der Waals surface area contributed by atoms with Gasteiger partial charge in [0.2, 0.25) is 5.91 Å². The van der Waals surface area contributed by atoms with Crippen molar-refractivity contribution in [1.82, 2.24) is 5.32 Å². The van der Waals surface area contributed by atoms with Crippen LogP contribution in [-0.2, 0) is 9.59 Å². The van der Waals surface area contributed by atoms with Crippen molar-refractivity contribution in [2.45, 2.75) is 46.1 Å². The van der Waals surface area contributed by atoms with E-state index >= 15 is 0 Å². The van der Waals surface area contributed by atoms with Crippen LogP contribution in [0.5, 0.6) is 0 Å². The Kier molecular flexibility index (Phi) is 6.92. The van der Waals surface area contributed by atoms with Gasteiger partial charge < -0.3 is 10.4 Å². The number of nitrogens with one attached hydrogen (secondary N) is 1. The van der Waals surface area contributed by atoms with Crippen LogP contribution in [0.15, 0.2) is 30.3 Å². The lowest BCUT2D eigenvalue weighted by atomic mass is 9.91. The number of amides is 1. The lowest BCUT2D eigenvalue weighted by Gasteiger charge is -2.19. The standard InChI is InChI=1S/C17H25NO3/c1-12(2)9-14(11-17(20)21)10-16(19)18-13(3)15-7-5-4-6-8-15/h4-8,12-14H,9-11H2,1-3H3,(H,18,19)(H,20,21)/t13-,14?/m1/s1. The fraction of sp³-hybridized carbons (Fsp3) is 0.529. The third-order valence-corrected chi connectivity index (χ3v) is 3.42. The molecule has 0 aromatic heterocycles. The second kappa shape index (κ2) is 8.45. The maximum absolute atomic E-state index is 12.1. The molecule has 0 heterocycles. The maximum atomic E-state index is 12.1. The van der Waals surface area contributed by atoms with Gasteiger partial charge in [-0.2, -0.15) is 0 Å². The highest BCUT2D eigenvalue weighted by Gasteiger charge is 2.19. The molecule has 0 spiro atoms. The molecule has 2 atom stereocenters. The molecular weight excluding hydrogens is 266 g/mol. The van der Waals surface area contributed by atoms with E-state index in [0.717, 1.165) is 12.0 Å². The van der Waals surface area contributed by atoms with Crippen LogP contribution in [0, 0.1) is 11.8 Å². The molecule has 116 valence electrons. The SMILES string of the molecule is CC(C)CC(CC(=O)O)CC(=O)N[C@H](C)c1ccccc1. The molecule has 1 unspecified atom stereocenters. The zero-order chi connectivity index (χ0) is 15.8. The first kappa shape index (κ1) is 17.2. The van der Waals surface area contributed by atoms with Gasteiger partial charge in [-0.25, -0.2) is 0 Å². The van der Waals surface area contributed by atoms with Crippen LogP contribution in [0.2, 0.25) is 0 Å². The minimum atomic E-state index is -0.843. The van der Waals surface area contributed by atoms with E-state index in [-0.39, 0.29) is 30.7 Å². The molecule has 0 aliphatic rings. The fourth-order valence-electron chi connectivity index (χ4n) is 2.54. The Hall–Kier alpha value is -1.84. The van der Waals surface area contributed by atoms with Gasteiger partial charge in [0.1, 0.15) is 0 Å². The van der Waals surface area contributed by atoms with Gasteiger partial charge in [0, 0.05) is 12.8 Å². The van der Waals surface area contributed by atoms with Gasteiger partial charge in [-0.05, 0) is 30.7 Å². The molecule has 0 saturated heterocycles. The van der Waals surface area contributed by atoms with E-state index in [9.17, 15) is 9.59 Å². The van der Waals surface area contributed by atoms with Gasteiger partial charge in [-0.3, -0.25) is 9.59 Å². The van der Waals surface area contributed by atoms with Gasteiger partial charge in [0.15, 0.2) is 0 Å². The van der Waals surface area contributed by atoms with Crippen molar-refractivity contribution >= 4 is 11.9 Å². The van der Waals surface area contributed by atoms with Crippen LogP contribution in [0.25, 0.3) is 0 Å². The minimum absolute atomic E-state index is 0.0469. The van der Waals surface area contributed by atoms with E-state index in [0.29, 0.717) is 5.92 Å². The summed E-state index contributed by atoms with van der Waals surface area (Å²) in [7, 11) is 0. The second-order valence-corrected chi connectivity index (χ2v) is 6.00. The molecule has 2 N–H and O–H groups in total. The summed E-state index contributed by atoms with van der Waals surface area (Å²) >= 11 is 0. The number of aliphatic carboxylic acids is 1. The topological polar surface area (TPSA) is 66.4 Å². The molecule has 0 radical (unpaired) electrons. The Bertz CT molecular complexity index is 456. The molecule has 0 aliphatic carbocycles. The van der Waals surface area contributed by atoms with Crippen LogP contribution >= 0.6 is 0 Å². The molecule has 0 aliphatic heterocycles. The fourth-order valence-corrected chi connectivity index (χ4v) is 2.54. The van der Waals surface area contributed by atoms with Crippen molar-refractivity contribution in [3.63, 3.8) is 0 Å². The van der Waals surface area contributed by atoms with Crippen molar-refractivity contribution < 1.29 is 14.7 Å². The van der Waals surface area contributed by atoms with E-state index in [1.54, 1.807) is 0 Å². The van der Waals surface area contributed by atoms with Crippen molar-refractivity contribution in [3.05, 3.63) is 35.9 Å². The van der Waals surface area contributed by atoms with E-state index in [2.05, 4.69) is 5.32 Å².